The molecule has 0 saturated heterocycles. The van der Waals surface area contributed by atoms with Gasteiger partial charge in [-0.15, -0.1) is 4.91 Å². The van der Waals surface area contributed by atoms with Crippen molar-refractivity contribution < 1.29 is 5.11 Å². The Labute approximate surface area is 113 Å². The van der Waals surface area contributed by atoms with Gasteiger partial charge in [0.25, 0.3) is 0 Å². The van der Waals surface area contributed by atoms with Crippen molar-refractivity contribution in [3.05, 3.63) is 46.4 Å². The first kappa shape index (κ1) is 13.6. The zero-order chi connectivity index (χ0) is 13.7. The van der Waals surface area contributed by atoms with E-state index in [0.29, 0.717) is 6.54 Å². The summed E-state index contributed by atoms with van der Waals surface area (Å²) in [6.45, 7) is 0.583. The lowest BCUT2D eigenvalue weighted by molar-refractivity contribution is 0.331. The number of likely N-dealkylation sites (N-methyl/N-ethyl adjacent to an activating group) is 1. The highest BCUT2D eigenvalue weighted by atomic mass is 16.3. The molecule has 1 atom stereocenters. The van der Waals surface area contributed by atoms with Crippen LogP contribution in [-0.2, 0) is 0 Å². The number of hydrogen-bond acceptors (Lipinski definition) is 3. The van der Waals surface area contributed by atoms with Crippen LogP contribution in [0, 0.1) is 4.91 Å². The fraction of sp³-hybridized carbons (Fsp3) is 0.467. The van der Waals surface area contributed by atoms with Gasteiger partial charge in [0.1, 0.15) is 5.75 Å². The molecule has 0 radical (unpaired) electrons. The van der Waals surface area contributed by atoms with Crippen LogP contribution in [0.25, 0.3) is 0 Å². The van der Waals surface area contributed by atoms with E-state index < -0.39 is 0 Å². The second-order valence-electron chi connectivity index (χ2n) is 5.09. The normalized spacial score (nSPS) is 16.6. The predicted molar refractivity (Wildman–Crippen MR) is 75.8 cm³/mol. The number of aromatic hydroxyl groups is 1. The molecule has 0 heterocycles. The number of nitrogens with zero attached hydrogens (tertiary/aromatic N) is 2. The lowest BCUT2D eigenvalue weighted by atomic mass is 9.84. The van der Waals surface area contributed by atoms with Crippen LogP contribution in [0.15, 0.2) is 41.2 Å². The van der Waals surface area contributed by atoms with Gasteiger partial charge in [0.15, 0.2) is 0 Å². The number of rotatable bonds is 5. The first-order chi connectivity index (χ1) is 9.20. The van der Waals surface area contributed by atoms with Gasteiger partial charge in [-0.2, -0.15) is 0 Å². The van der Waals surface area contributed by atoms with Crippen molar-refractivity contribution >= 4 is 0 Å². The van der Waals surface area contributed by atoms with E-state index in [4.69, 9.17) is 0 Å². The summed E-state index contributed by atoms with van der Waals surface area (Å²) >= 11 is 0. The van der Waals surface area contributed by atoms with Crippen LogP contribution >= 0.6 is 0 Å². The minimum atomic E-state index is 0.184. The van der Waals surface area contributed by atoms with Gasteiger partial charge in [-0.05, 0) is 43.4 Å². The zero-order valence-corrected chi connectivity index (χ0v) is 11.2. The third-order valence-electron chi connectivity index (χ3n) is 3.66. The van der Waals surface area contributed by atoms with Crippen LogP contribution in [-0.4, -0.2) is 23.7 Å². The molecule has 1 N–H and O–H groups in total. The molecule has 4 heteroatoms. The van der Waals surface area contributed by atoms with Crippen LogP contribution < -0.4 is 0 Å². The van der Waals surface area contributed by atoms with Gasteiger partial charge >= 0.3 is 0 Å². The topological polar surface area (TPSA) is 52.9 Å². The smallest absolute Gasteiger partial charge is 0.115 e. The molecule has 1 aliphatic rings. The predicted octanol–water partition coefficient (Wildman–Crippen LogP) is 3.59. The van der Waals surface area contributed by atoms with Gasteiger partial charge in [-0.1, -0.05) is 23.8 Å². The number of nitroso groups, excluding NO2 is 1. The third kappa shape index (κ3) is 3.56. The lowest BCUT2D eigenvalue weighted by Crippen LogP contribution is -2.21. The minimum absolute atomic E-state index is 0.184. The molecule has 0 aliphatic heterocycles. The van der Waals surface area contributed by atoms with Crippen LogP contribution in [0.3, 0.4) is 0 Å². The molecule has 102 valence electrons. The molecule has 1 unspecified atom stereocenters. The van der Waals surface area contributed by atoms with E-state index >= 15 is 0 Å². The standard InChI is InChI=1S/C15H20N2O2/c1-17(16-19)11-15(12-5-3-2-4-6-12)13-7-9-14(18)10-8-13/h5,7-10,15,18H,2-4,6,11H2,1H3. The first-order valence-electron chi connectivity index (χ1n) is 6.73. The van der Waals surface area contributed by atoms with Crippen molar-refractivity contribution in [2.24, 2.45) is 5.29 Å². The summed E-state index contributed by atoms with van der Waals surface area (Å²) in [6.07, 6.45) is 6.94. The quantitative estimate of drug-likeness (QED) is 0.500. The molecule has 19 heavy (non-hydrogen) atoms. The highest BCUT2D eigenvalue weighted by Crippen LogP contribution is 2.33. The molecule has 0 fully saturated rings. The number of allylic oxidation sites excluding steroid dienone is 1. The van der Waals surface area contributed by atoms with Crippen molar-refractivity contribution in [3.63, 3.8) is 0 Å². The maximum atomic E-state index is 10.6. The van der Waals surface area contributed by atoms with E-state index in [1.165, 1.54) is 23.4 Å². The van der Waals surface area contributed by atoms with Crippen LogP contribution in [0.1, 0.15) is 37.2 Å². The highest BCUT2D eigenvalue weighted by molar-refractivity contribution is 5.34. The van der Waals surface area contributed by atoms with Crippen molar-refractivity contribution in [3.8, 4) is 5.75 Å². The number of benzene rings is 1. The molecule has 1 aromatic carbocycles. The van der Waals surface area contributed by atoms with Gasteiger partial charge in [0.05, 0.1) is 5.29 Å². The minimum Gasteiger partial charge on any atom is -0.508 e. The summed E-state index contributed by atoms with van der Waals surface area (Å²) in [7, 11) is 1.70. The maximum Gasteiger partial charge on any atom is 0.115 e. The monoisotopic (exact) mass is 260 g/mol. The number of hydrogen-bond donors (Lipinski definition) is 1. The molecule has 0 amide bonds. The van der Waals surface area contributed by atoms with E-state index in [9.17, 15) is 10.0 Å². The molecule has 2 rings (SSSR count). The van der Waals surface area contributed by atoms with Crippen molar-refractivity contribution in [1.82, 2.24) is 5.01 Å². The van der Waals surface area contributed by atoms with E-state index in [1.807, 2.05) is 12.1 Å². The molecular weight excluding hydrogens is 240 g/mol. The Kier molecular flexibility index (Phi) is 4.55. The SMILES string of the molecule is CN(CC(C1=CCCCC1)c1ccc(O)cc1)N=O. The largest absolute Gasteiger partial charge is 0.508 e. The van der Waals surface area contributed by atoms with Crippen LogP contribution in [0.5, 0.6) is 5.75 Å². The Morgan fingerprint density at radius 2 is 2.05 bits per heavy atom. The van der Waals surface area contributed by atoms with E-state index in [-0.39, 0.29) is 11.7 Å². The Morgan fingerprint density at radius 1 is 1.32 bits per heavy atom. The Hall–Kier alpha value is -1.84. The molecule has 0 saturated carbocycles. The molecule has 1 aromatic rings. The van der Waals surface area contributed by atoms with Crippen LogP contribution in [0.2, 0.25) is 0 Å². The molecule has 0 bridgehead atoms. The summed E-state index contributed by atoms with van der Waals surface area (Å²) in [5, 5.41) is 13.8. The second-order valence-corrected chi connectivity index (χ2v) is 5.09. The molecule has 0 aromatic heterocycles. The Morgan fingerprint density at radius 3 is 2.63 bits per heavy atom. The highest BCUT2D eigenvalue weighted by Gasteiger charge is 2.20. The van der Waals surface area contributed by atoms with Gasteiger partial charge in [-0.3, -0.25) is 5.01 Å². The number of phenolic OH excluding ortho intramolecular Hbond substituents is 1. The summed E-state index contributed by atoms with van der Waals surface area (Å²) in [4.78, 5) is 10.6. The maximum absolute atomic E-state index is 10.6. The van der Waals surface area contributed by atoms with Crippen molar-refractivity contribution in [2.75, 3.05) is 13.6 Å². The summed E-state index contributed by atoms with van der Waals surface area (Å²) in [6, 6.07) is 7.24. The van der Waals surface area contributed by atoms with E-state index in [2.05, 4.69) is 11.4 Å². The fourth-order valence-electron chi connectivity index (χ4n) is 2.62. The molecule has 0 spiro atoms. The molecule has 1 aliphatic carbocycles. The summed E-state index contributed by atoms with van der Waals surface area (Å²) in [5.41, 5.74) is 2.51. The third-order valence-corrected chi connectivity index (χ3v) is 3.66. The fourth-order valence-corrected chi connectivity index (χ4v) is 2.62. The Bertz CT molecular complexity index is 454. The van der Waals surface area contributed by atoms with Gasteiger partial charge in [0.2, 0.25) is 0 Å². The zero-order valence-electron chi connectivity index (χ0n) is 11.2. The summed E-state index contributed by atoms with van der Waals surface area (Å²) < 4.78 is 0. The first-order valence-corrected chi connectivity index (χ1v) is 6.73. The van der Waals surface area contributed by atoms with Crippen molar-refractivity contribution in [1.29, 1.82) is 0 Å². The average molecular weight is 260 g/mol. The molecular formula is C15H20N2O2. The average Bonchev–Trinajstić information content (AvgIpc) is 2.46. The number of phenols is 1. The van der Waals surface area contributed by atoms with Gasteiger partial charge in [0, 0.05) is 19.5 Å². The Balaban J connectivity index is 2.24. The van der Waals surface area contributed by atoms with Crippen molar-refractivity contribution in [2.45, 2.75) is 31.6 Å². The second kappa shape index (κ2) is 6.36. The van der Waals surface area contributed by atoms with E-state index in [0.717, 1.165) is 18.4 Å². The van der Waals surface area contributed by atoms with Crippen LogP contribution in [0.4, 0.5) is 0 Å². The van der Waals surface area contributed by atoms with E-state index in [1.54, 1.807) is 19.2 Å². The summed E-state index contributed by atoms with van der Waals surface area (Å²) in [5.74, 6) is 0.450. The molecule has 4 nitrogen and oxygen atoms in total. The van der Waals surface area contributed by atoms with Gasteiger partial charge in [-0.25, -0.2) is 0 Å². The lowest BCUT2D eigenvalue weighted by Gasteiger charge is -2.25. The van der Waals surface area contributed by atoms with Gasteiger partial charge < -0.3 is 5.11 Å².